The molecule has 1 unspecified atom stereocenters. The summed E-state index contributed by atoms with van der Waals surface area (Å²) in [6, 6.07) is 0.433. The average Bonchev–Trinajstić information content (AvgIpc) is 2.31. The maximum atomic E-state index is 11.5. The lowest BCUT2D eigenvalue weighted by Crippen LogP contribution is -2.43. The Bertz CT molecular complexity index is 233. The third-order valence-corrected chi connectivity index (χ3v) is 3.51. The van der Waals surface area contributed by atoms with Crippen molar-refractivity contribution >= 4 is 5.91 Å². The fourth-order valence-corrected chi connectivity index (χ4v) is 2.17. The van der Waals surface area contributed by atoms with Gasteiger partial charge in [-0.05, 0) is 26.2 Å². The minimum atomic E-state index is -0.235. The molecule has 3 N–H and O–H groups in total. The van der Waals surface area contributed by atoms with Crippen LogP contribution in [0.15, 0.2) is 0 Å². The largest absolute Gasteiger partial charge is 0.392 e. The molecule has 1 saturated carbocycles. The number of aliphatic hydroxyl groups excluding tert-OH is 1. The molecule has 1 aliphatic carbocycles. The van der Waals surface area contributed by atoms with Gasteiger partial charge in [0, 0.05) is 25.0 Å². The highest BCUT2D eigenvalue weighted by atomic mass is 16.3. The number of aliphatic hydroxyl groups is 1. The fraction of sp³-hybridized carbons (Fsp3) is 0.923. The molecule has 1 rings (SSSR count). The summed E-state index contributed by atoms with van der Waals surface area (Å²) in [4.78, 5) is 11.5. The first-order valence-electron chi connectivity index (χ1n) is 6.84. The molecule has 4 nitrogen and oxygen atoms in total. The normalized spacial score (nSPS) is 26.5. The Hall–Kier alpha value is -0.610. The second-order valence-electron chi connectivity index (χ2n) is 5.04. The third-order valence-electron chi connectivity index (χ3n) is 3.51. The number of hydrogen-bond acceptors (Lipinski definition) is 3. The summed E-state index contributed by atoms with van der Waals surface area (Å²) in [6.45, 7) is 4.72. The van der Waals surface area contributed by atoms with Gasteiger partial charge in [-0.15, -0.1) is 0 Å². The molecule has 1 aliphatic rings. The predicted octanol–water partition coefficient (Wildman–Crippen LogP) is 1.18. The van der Waals surface area contributed by atoms with Crippen molar-refractivity contribution in [2.75, 3.05) is 6.54 Å². The lowest BCUT2D eigenvalue weighted by atomic mass is 9.92. The highest BCUT2D eigenvalue weighted by Gasteiger charge is 2.22. The van der Waals surface area contributed by atoms with Crippen LogP contribution in [0.5, 0.6) is 0 Å². The number of nitrogens with one attached hydrogen (secondary N) is 2. The minimum absolute atomic E-state index is 0.0946. The van der Waals surface area contributed by atoms with E-state index in [0.29, 0.717) is 13.0 Å². The second-order valence-corrected chi connectivity index (χ2v) is 5.04. The van der Waals surface area contributed by atoms with Gasteiger partial charge >= 0.3 is 0 Å². The smallest absolute Gasteiger partial charge is 0.221 e. The molecule has 3 atom stereocenters. The van der Waals surface area contributed by atoms with E-state index >= 15 is 0 Å². The number of amides is 1. The van der Waals surface area contributed by atoms with E-state index in [9.17, 15) is 9.90 Å². The summed E-state index contributed by atoms with van der Waals surface area (Å²) in [6.07, 6.45) is 5.42. The second kappa shape index (κ2) is 7.67. The van der Waals surface area contributed by atoms with Crippen LogP contribution in [0.2, 0.25) is 0 Å². The first-order chi connectivity index (χ1) is 8.13. The molecule has 17 heavy (non-hydrogen) atoms. The zero-order valence-electron chi connectivity index (χ0n) is 11.0. The van der Waals surface area contributed by atoms with E-state index < -0.39 is 0 Å². The van der Waals surface area contributed by atoms with Gasteiger partial charge in [0.2, 0.25) is 5.91 Å². The van der Waals surface area contributed by atoms with Crippen molar-refractivity contribution in [3.8, 4) is 0 Å². The van der Waals surface area contributed by atoms with Crippen molar-refractivity contribution in [3.63, 3.8) is 0 Å². The molecule has 4 heteroatoms. The van der Waals surface area contributed by atoms with Gasteiger partial charge < -0.3 is 15.7 Å². The molecule has 0 aliphatic heterocycles. The van der Waals surface area contributed by atoms with Gasteiger partial charge in [0.15, 0.2) is 0 Å². The van der Waals surface area contributed by atoms with Crippen molar-refractivity contribution in [2.45, 2.75) is 70.6 Å². The van der Waals surface area contributed by atoms with Gasteiger partial charge in [-0.25, -0.2) is 0 Å². The van der Waals surface area contributed by atoms with E-state index in [1.165, 1.54) is 6.42 Å². The Morgan fingerprint density at radius 2 is 2.12 bits per heavy atom. The first kappa shape index (κ1) is 14.5. The van der Waals surface area contributed by atoms with Gasteiger partial charge in [0.05, 0.1) is 6.10 Å². The maximum Gasteiger partial charge on any atom is 0.221 e. The summed E-state index contributed by atoms with van der Waals surface area (Å²) in [5, 5.41) is 16.0. The first-order valence-corrected chi connectivity index (χ1v) is 6.84. The topological polar surface area (TPSA) is 61.4 Å². The van der Waals surface area contributed by atoms with Gasteiger partial charge in [-0.2, -0.15) is 0 Å². The van der Waals surface area contributed by atoms with Crippen LogP contribution in [0.1, 0.15) is 52.4 Å². The molecular formula is C13H26N2O2. The predicted molar refractivity (Wildman–Crippen MR) is 68.8 cm³/mol. The summed E-state index contributed by atoms with van der Waals surface area (Å²) >= 11 is 0. The number of hydrogen-bond donors (Lipinski definition) is 3. The van der Waals surface area contributed by atoms with Gasteiger partial charge in [0.1, 0.15) is 0 Å². The maximum absolute atomic E-state index is 11.5. The standard InChI is InChI=1S/C13H26N2O2/c1-3-10(2)15-13(17)8-9-14-11-6-4-5-7-12(11)16/h10-12,14,16H,3-9H2,1-2H3,(H,15,17)/t10?,11-,12-/m1/s1. The van der Waals surface area contributed by atoms with Crippen LogP contribution >= 0.6 is 0 Å². The number of rotatable bonds is 6. The molecule has 0 heterocycles. The molecule has 100 valence electrons. The molecule has 0 aromatic heterocycles. The van der Waals surface area contributed by atoms with Crippen molar-refractivity contribution in [3.05, 3.63) is 0 Å². The molecule has 0 spiro atoms. The summed E-state index contributed by atoms with van der Waals surface area (Å²) in [5.41, 5.74) is 0. The third kappa shape index (κ3) is 5.50. The van der Waals surface area contributed by atoms with Gasteiger partial charge in [0.25, 0.3) is 0 Å². The molecule has 0 aromatic carbocycles. The monoisotopic (exact) mass is 242 g/mol. The van der Waals surface area contributed by atoms with E-state index in [1.54, 1.807) is 0 Å². The van der Waals surface area contributed by atoms with Crippen LogP contribution in [0.3, 0.4) is 0 Å². The minimum Gasteiger partial charge on any atom is -0.392 e. The van der Waals surface area contributed by atoms with Crippen molar-refractivity contribution in [1.82, 2.24) is 10.6 Å². The van der Waals surface area contributed by atoms with E-state index in [4.69, 9.17) is 0 Å². The Morgan fingerprint density at radius 3 is 2.76 bits per heavy atom. The van der Waals surface area contributed by atoms with Crippen molar-refractivity contribution in [1.29, 1.82) is 0 Å². The molecule has 1 amide bonds. The van der Waals surface area contributed by atoms with E-state index in [0.717, 1.165) is 25.7 Å². The Labute approximate surface area is 104 Å². The van der Waals surface area contributed by atoms with Crippen LogP contribution in [-0.4, -0.2) is 35.7 Å². The lowest BCUT2D eigenvalue weighted by Gasteiger charge is -2.28. The number of carbonyl (C=O) groups excluding carboxylic acids is 1. The highest BCUT2D eigenvalue weighted by molar-refractivity contribution is 5.76. The SMILES string of the molecule is CCC(C)NC(=O)CCN[C@@H]1CCCC[C@H]1O. The quantitative estimate of drug-likeness (QED) is 0.655. The van der Waals surface area contributed by atoms with Crippen LogP contribution in [0, 0.1) is 0 Å². The molecule has 0 bridgehead atoms. The summed E-state index contributed by atoms with van der Waals surface area (Å²) in [5.74, 6) is 0.0946. The zero-order chi connectivity index (χ0) is 12.7. The number of carbonyl (C=O) groups is 1. The van der Waals surface area contributed by atoms with Gasteiger partial charge in [-0.1, -0.05) is 19.8 Å². The van der Waals surface area contributed by atoms with Crippen LogP contribution in [0.4, 0.5) is 0 Å². The highest BCUT2D eigenvalue weighted by Crippen LogP contribution is 2.18. The van der Waals surface area contributed by atoms with Gasteiger partial charge in [-0.3, -0.25) is 4.79 Å². The molecule has 0 saturated heterocycles. The van der Waals surface area contributed by atoms with Crippen LogP contribution < -0.4 is 10.6 Å². The Kier molecular flexibility index (Phi) is 6.52. The lowest BCUT2D eigenvalue weighted by molar-refractivity contribution is -0.121. The molecule has 0 radical (unpaired) electrons. The van der Waals surface area contributed by atoms with E-state index in [1.807, 2.05) is 6.92 Å². The average molecular weight is 242 g/mol. The molecule has 0 aromatic rings. The fourth-order valence-electron chi connectivity index (χ4n) is 2.17. The summed E-state index contributed by atoms with van der Waals surface area (Å²) < 4.78 is 0. The van der Waals surface area contributed by atoms with Crippen molar-refractivity contribution in [2.24, 2.45) is 0 Å². The Morgan fingerprint density at radius 1 is 1.41 bits per heavy atom. The van der Waals surface area contributed by atoms with E-state index in [2.05, 4.69) is 17.6 Å². The summed E-state index contributed by atoms with van der Waals surface area (Å²) in [7, 11) is 0. The van der Waals surface area contributed by atoms with Crippen molar-refractivity contribution < 1.29 is 9.90 Å². The van der Waals surface area contributed by atoms with Crippen LogP contribution in [-0.2, 0) is 4.79 Å². The molecule has 1 fully saturated rings. The van der Waals surface area contributed by atoms with Crippen LogP contribution in [0.25, 0.3) is 0 Å². The van der Waals surface area contributed by atoms with E-state index in [-0.39, 0.29) is 24.1 Å². The Balaban J connectivity index is 2.12. The molecular weight excluding hydrogens is 216 g/mol. The zero-order valence-corrected chi connectivity index (χ0v) is 11.0.